The third-order valence-corrected chi connectivity index (χ3v) is 5.43. The molecule has 4 nitrogen and oxygen atoms in total. The van der Waals surface area contributed by atoms with Crippen LogP contribution in [0, 0.1) is 12.7 Å². The van der Waals surface area contributed by atoms with Crippen molar-refractivity contribution in [2.24, 2.45) is 0 Å². The number of benzene rings is 2. The van der Waals surface area contributed by atoms with Crippen molar-refractivity contribution in [3.8, 4) is 5.69 Å². The summed E-state index contributed by atoms with van der Waals surface area (Å²) in [6.07, 6.45) is 3.05. The fourth-order valence-electron chi connectivity index (χ4n) is 4.01. The lowest BCUT2D eigenvalue weighted by atomic mass is 9.67. The predicted molar refractivity (Wildman–Crippen MR) is 96.0 cm³/mol. The number of para-hydroxylation sites is 1. The van der Waals surface area contributed by atoms with Crippen molar-refractivity contribution in [1.29, 1.82) is 0 Å². The van der Waals surface area contributed by atoms with Crippen LogP contribution in [0.15, 0.2) is 54.7 Å². The number of carboxylic acid groups (broad SMARTS) is 1. The molecular formula is C21H19FN2O2. The zero-order valence-corrected chi connectivity index (χ0v) is 14.4. The summed E-state index contributed by atoms with van der Waals surface area (Å²) in [6, 6.07) is 14.5. The van der Waals surface area contributed by atoms with Crippen LogP contribution in [0.5, 0.6) is 0 Å². The number of hydrogen-bond acceptors (Lipinski definition) is 2. The topological polar surface area (TPSA) is 55.1 Å². The highest BCUT2D eigenvalue weighted by Gasteiger charge is 2.45. The largest absolute Gasteiger partial charge is 0.481 e. The van der Waals surface area contributed by atoms with Crippen LogP contribution in [0.4, 0.5) is 4.39 Å². The first-order valence-electron chi connectivity index (χ1n) is 8.63. The van der Waals surface area contributed by atoms with E-state index in [9.17, 15) is 14.3 Å². The maximum Gasteiger partial charge on any atom is 0.314 e. The molecule has 132 valence electrons. The van der Waals surface area contributed by atoms with E-state index in [1.54, 1.807) is 25.3 Å². The first-order valence-corrected chi connectivity index (χ1v) is 8.63. The van der Waals surface area contributed by atoms with Gasteiger partial charge in [0.1, 0.15) is 5.82 Å². The number of hydrogen-bond donors (Lipinski definition) is 1. The minimum atomic E-state index is -1.12. The lowest BCUT2D eigenvalue weighted by molar-refractivity contribution is -0.144. The molecule has 0 fully saturated rings. The minimum Gasteiger partial charge on any atom is -0.481 e. The summed E-state index contributed by atoms with van der Waals surface area (Å²) in [4.78, 5) is 12.3. The Kier molecular flexibility index (Phi) is 3.87. The van der Waals surface area contributed by atoms with E-state index in [2.05, 4.69) is 5.10 Å². The summed E-state index contributed by atoms with van der Waals surface area (Å²) in [5.74, 6) is -1.28. The molecule has 1 atom stereocenters. The number of aromatic nitrogens is 2. The molecule has 1 aromatic heterocycles. The first-order chi connectivity index (χ1) is 12.5. The van der Waals surface area contributed by atoms with E-state index >= 15 is 0 Å². The van der Waals surface area contributed by atoms with Crippen LogP contribution in [-0.4, -0.2) is 20.9 Å². The van der Waals surface area contributed by atoms with Crippen LogP contribution in [-0.2, 0) is 23.1 Å². The van der Waals surface area contributed by atoms with Gasteiger partial charge in [0.15, 0.2) is 0 Å². The van der Waals surface area contributed by atoms with Crippen LogP contribution in [0.1, 0.15) is 28.8 Å². The summed E-state index contributed by atoms with van der Waals surface area (Å²) >= 11 is 0. The normalized spacial score (nSPS) is 19.2. The van der Waals surface area contributed by atoms with Gasteiger partial charge in [0.05, 0.1) is 17.3 Å². The Hall–Kier alpha value is -2.95. The Balaban J connectivity index is 1.80. The van der Waals surface area contributed by atoms with Gasteiger partial charge < -0.3 is 5.11 Å². The summed E-state index contributed by atoms with van der Waals surface area (Å²) < 4.78 is 16.0. The fraction of sp³-hybridized carbons (Fsp3) is 0.238. The van der Waals surface area contributed by atoms with E-state index in [1.165, 1.54) is 6.07 Å². The molecule has 0 saturated carbocycles. The quantitative estimate of drug-likeness (QED) is 0.781. The Morgan fingerprint density at radius 1 is 1.19 bits per heavy atom. The number of carbonyl (C=O) groups is 1. The number of fused-ring (bicyclic) bond motifs is 1. The van der Waals surface area contributed by atoms with E-state index in [0.717, 1.165) is 16.9 Å². The second-order valence-electron chi connectivity index (χ2n) is 6.84. The summed E-state index contributed by atoms with van der Waals surface area (Å²) in [6.45, 7) is 1.65. The molecule has 1 aliphatic rings. The Morgan fingerprint density at radius 2 is 1.96 bits per heavy atom. The molecule has 1 aliphatic carbocycles. The molecule has 1 heterocycles. The molecule has 0 aliphatic heterocycles. The second-order valence-corrected chi connectivity index (χ2v) is 6.84. The van der Waals surface area contributed by atoms with Gasteiger partial charge in [-0.15, -0.1) is 0 Å². The monoisotopic (exact) mass is 350 g/mol. The van der Waals surface area contributed by atoms with Gasteiger partial charge in [-0.05, 0) is 61.1 Å². The van der Waals surface area contributed by atoms with Gasteiger partial charge >= 0.3 is 5.97 Å². The molecule has 0 spiro atoms. The molecule has 26 heavy (non-hydrogen) atoms. The third-order valence-electron chi connectivity index (χ3n) is 5.43. The fourth-order valence-corrected chi connectivity index (χ4v) is 4.01. The molecule has 0 amide bonds. The van der Waals surface area contributed by atoms with Crippen LogP contribution in [0.2, 0.25) is 0 Å². The average molecular weight is 350 g/mol. The Morgan fingerprint density at radius 3 is 2.69 bits per heavy atom. The number of rotatable bonds is 3. The number of nitrogens with zero attached hydrogens (tertiary/aromatic N) is 2. The molecule has 0 saturated heterocycles. The van der Waals surface area contributed by atoms with Gasteiger partial charge in [-0.3, -0.25) is 4.79 Å². The highest BCUT2D eigenvalue weighted by molar-refractivity contribution is 5.83. The van der Waals surface area contributed by atoms with Gasteiger partial charge in [0, 0.05) is 5.69 Å². The van der Waals surface area contributed by atoms with Crippen LogP contribution in [0.25, 0.3) is 5.69 Å². The van der Waals surface area contributed by atoms with Gasteiger partial charge in [0.25, 0.3) is 0 Å². The maximum absolute atomic E-state index is 14.1. The highest BCUT2D eigenvalue weighted by atomic mass is 19.1. The van der Waals surface area contributed by atoms with Crippen molar-refractivity contribution < 1.29 is 14.3 Å². The van der Waals surface area contributed by atoms with E-state index in [-0.39, 0.29) is 5.82 Å². The first kappa shape index (κ1) is 16.5. The summed E-state index contributed by atoms with van der Waals surface area (Å²) in [5, 5.41) is 14.5. The lowest BCUT2D eigenvalue weighted by Crippen LogP contribution is -2.42. The molecule has 0 radical (unpaired) electrons. The van der Waals surface area contributed by atoms with Gasteiger partial charge in [-0.25, -0.2) is 9.07 Å². The van der Waals surface area contributed by atoms with E-state index in [0.29, 0.717) is 30.4 Å². The summed E-state index contributed by atoms with van der Waals surface area (Å²) in [5.41, 5.74) is 2.74. The number of aliphatic carboxylic acids is 1. The summed E-state index contributed by atoms with van der Waals surface area (Å²) in [7, 11) is 0. The van der Waals surface area contributed by atoms with Crippen LogP contribution < -0.4 is 0 Å². The standard InChI is InChI=1S/C21H19FN2O2/c1-14-17(8-5-9-18(14)22)21(20(25)26)11-10-19-15(12-21)13-23-24(19)16-6-3-2-4-7-16/h2-9,13H,10-12H2,1H3,(H,25,26). The van der Waals surface area contributed by atoms with Crippen molar-refractivity contribution in [3.05, 3.63) is 82.9 Å². The smallest absolute Gasteiger partial charge is 0.314 e. The average Bonchev–Trinajstić information content (AvgIpc) is 3.07. The number of carboxylic acids is 1. The van der Waals surface area contributed by atoms with Crippen LogP contribution >= 0.6 is 0 Å². The highest BCUT2D eigenvalue weighted by Crippen LogP contribution is 2.41. The Bertz CT molecular complexity index is 981. The van der Waals surface area contributed by atoms with Crippen LogP contribution in [0.3, 0.4) is 0 Å². The SMILES string of the molecule is Cc1c(F)cccc1C1(C(=O)O)CCc2c(cnn2-c2ccccc2)C1. The van der Waals surface area contributed by atoms with Gasteiger partial charge in [-0.1, -0.05) is 30.3 Å². The van der Waals surface area contributed by atoms with Crippen molar-refractivity contribution >= 4 is 5.97 Å². The van der Waals surface area contributed by atoms with Crippen molar-refractivity contribution in [2.75, 3.05) is 0 Å². The minimum absolute atomic E-state index is 0.314. The van der Waals surface area contributed by atoms with Crippen molar-refractivity contribution in [3.63, 3.8) is 0 Å². The molecule has 5 heteroatoms. The van der Waals surface area contributed by atoms with Gasteiger partial charge in [-0.2, -0.15) is 5.10 Å². The van der Waals surface area contributed by atoms with Gasteiger partial charge in [0.2, 0.25) is 0 Å². The lowest BCUT2D eigenvalue weighted by Gasteiger charge is -2.35. The third kappa shape index (κ3) is 2.43. The molecule has 1 unspecified atom stereocenters. The molecule has 4 rings (SSSR count). The molecule has 3 aromatic rings. The molecular weight excluding hydrogens is 331 g/mol. The zero-order valence-electron chi connectivity index (χ0n) is 14.4. The van der Waals surface area contributed by atoms with E-state index < -0.39 is 11.4 Å². The van der Waals surface area contributed by atoms with Crippen molar-refractivity contribution in [1.82, 2.24) is 9.78 Å². The molecule has 2 aromatic carbocycles. The molecule has 1 N–H and O–H groups in total. The maximum atomic E-state index is 14.1. The van der Waals surface area contributed by atoms with E-state index in [4.69, 9.17) is 0 Å². The molecule has 0 bridgehead atoms. The number of halogens is 1. The van der Waals surface area contributed by atoms with Crippen molar-refractivity contribution in [2.45, 2.75) is 31.6 Å². The van der Waals surface area contributed by atoms with E-state index in [1.807, 2.05) is 35.0 Å². The predicted octanol–water partition coefficient (Wildman–Crippen LogP) is 3.83. The Labute approximate surface area is 150 Å². The zero-order chi connectivity index (χ0) is 18.3. The second kappa shape index (κ2) is 6.09.